The fourth-order valence-corrected chi connectivity index (χ4v) is 6.08. The summed E-state index contributed by atoms with van der Waals surface area (Å²) >= 11 is 0. The van der Waals surface area contributed by atoms with Crippen LogP contribution in [0.1, 0.15) is 64.5 Å². The number of hydrogen-bond donors (Lipinski definition) is 1. The fraction of sp³-hybridized carbons (Fsp3) is 0.517. The Bertz CT molecular complexity index is 1090. The van der Waals surface area contributed by atoms with Gasteiger partial charge in [-0.25, -0.2) is 9.18 Å². The maximum Gasteiger partial charge on any atom is 0.322 e. The average Bonchev–Trinajstić information content (AvgIpc) is 3.58. The molecular formula is C29H37FN4O. The van der Waals surface area contributed by atoms with Crippen molar-refractivity contribution in [2.45, 2.75) is 76.9 Å². The number of para-hydroxylation sites is 1. The number of hydrogen-bond acceptors (Lipinski definition) is 3. The number of rotatable bonds is 8. The average molecular weight is 477 g/mol. The van der Waals surface area contributed by atoms with E-state index in [-0.39, 0.29) is 23.2 Å². The van der Waals surface area contributed by atoms with Crippen LogP contribution >= 0.6 is 0 Å². The number of carbonyl (C=O) groups is 1. The molecule has 0 aliphatic heterocycles. The van der Waals surface area contributed by atoms with Gasteiger partial charge in [-0.1, -0.05) is 24.3 Å². The van der Waals surface area contributed by atoms with Gasteiger partial charge < -0.3 is 10.2 Å². The summed E-state index contributed by atoms with van der Waals surface area (Å²) in [4.78, 5) is 17.8. The lowest BCUT2D eigenvalue weighted by atomic mass is 9.80. The highest BCUT2D eigenvalue weighted by Crippen LogP contribution is 2.62. The lowest BCUT2D eigenvalue weighted by molar-refractivity contribution is 0.120. The van der Waals surface area contributed by atoms with Crippen LogP contribution in [0, 0.1) is 23.1 Å². The molecule has 2 aromatic carbocycles. The summed E-state index contributed by atoms with van der Waals surface area (Å²) in [5, 5.41) is 12.2. The van der Waals surface area contributed by atoms with E-state index in [1.54, 1.807) is 18.2 Å². The van der Waals surface area contributed by atoms with E-state index in [1.807, 2.05) is 23.1 Å². The van der Waals surface area contributed by atoms with Crippen molar-refractivity contribution in [3.63, 3.8) is 0 Å². The van der Waals surface area contributed by atoms with Crippen LogP contribution in [0.15, 0.2) is 48.5 Å². The first kappa shape index (κ1) is 25.2. The van der Waals surface area contributed by atoms with Gasteiger partial charge in [0.25, 0.3) is 0 Å². The molecule has 6 heteroatoms. The van der Waals surface area contributed by atoms with Crippen molar-refractivity contribution >= 4 is 11.7 Å². The molecule has 0 saturated heterocycles. The monoisotopic (exact) mass is 476 g/mol. The van der Waals surface area contributed by atoms with Crippen molar-refractivity contribution in [3.8, 4) is 6.07 Å². The fourth-order valence-electron chi connectivity index (χ4n) is 6.08. The number of halogens is 1. The lowest BCUT2D eigenvalue weighted by Gasteiger charge is -2.39. The summed E-state index contributed by atoms with van der Waals surface area (Å²) in [6, 6.07) is 17.2. The summed E-state index contributed by atoms with van der Waals surface area (Å²) in [7, 11) is 0. The molecule has 2 unspecified atom stereocenters. The summed E-state index contributed by atoms with van der Waals surface area (Å²) < 4.78 is 14.3. The van der Waals surface area contributed by atoms with Crippen molar-refractivity contribution in [1.29, 1.82) is 5.26 Å². The second kappa shape index (κ2) is 10.4. The second-order valence-corrected chi connectivity index (χ2v) is 10.7. The highest BCUT2D eigenvalue weighted by molar-refractivity contribution is 5.89. The first-order valence-corrected chi connectivity index (χ1v) is 12.8. The molecule has 2 fully saturated rings. The van der Waals surface area contributed by atoms with Crippen LogP contribution < -0.4 is 5.32 Å². The SMILES string of the molecule is CC(C)N(CCN(C(=O)Nc1ccccc1F)C1CC[C@]2(c3cccc(C#N)c3)CC2C1)C(C)C. The Morgan fingerprint density at radius 3 is 2.54 bits per heavy atom. The van der Waals surface area contributed by atoms with Gasteiger partial charge in [0.2, 0.25) is 0 Å². The van der Waals surface area contributed by atoms with Crippen molar-refractivity contribution in [1.82, 2.24) is 9.80 Å². The molecular weight excluding hydrogens is 439 g/mol. The molecule has 0 aromatic heterocycles. The zero-order valence-electron chi connectivity index (χ0n) is 21.3. The molecule has 35 heavy (non-hydrogen) atoms. The predicted molar refractivity (Wildman–Crippen MR) is 138 cm³/mol. The Kier molecular flexibility index (Phi) is 7.47. The summed E-state index contributed by atoms with van der Waals surface area (Å²) in [6.45, 7) is 10.1. The number of nitrogens with one attached hydrogen (secondary N) is 1. The van der Waals surface area contributed by atoms with Crippen LogP contribution in [0.5, 0.6) is 0 Å². The highest BCUT2D eigenvalue weighted by Gasteiger charge is 2.58. The summed E-state index contributed by atoms with van der Waals surface area (Å²) in [5.41, 5.74) is 2.32. The Labute approximate surface area is 208 Å². The number of amides is 2. The largest absolute Gasteiger partial charge is 0.322 e. The van der Waals surface area contributed by atoms with Gasteiger partial charge in [0.1, 0.15) is 5.82 Å². The summed E-state index contributed by atoms with van der Waals surface area (Å²) in [5.74, 6) is 0.0827. The molecule has 4 rings (SSSR count). The molecule has 2 aromatic rings. The third-order valence-electron chi connectivity index (χ3n) is 8.02. The quantitative estimate of drug-likeness (QED) is 0.496. The topological polar surface area (TPSA) is 59.4 Å². The van der Waals surface area contributed by atoms with E-state index in [0.29, 0.717) is 30.1 Å². The Morgan fingerprint density at radius 1 is 1.14 bits per heavy atom. The van der Waals surface area contributed by atoms with E-state index in [9.17, 15) is 14.4 Å². The van der Waals surface area contributed by atoms with Gasteiger partial charge in [0.05, 0.1) is 17.3 Å². The van der Waals surface area contributed by atoms with Gasteiger partial charge in [-0.05, 0) is 94.5 Å². The molecule has 2 saturated carbocycles. The standard InChI is InChI=1S/C29H37FN4O/c1-20(2)33(21(3)4)14-15-34(28(35)32-27-11-6-5-10-26(27)30)25-12-13-29(18-24(29)17-25)23-9-7-8-22(16-23)19-31/h5-11,16,20-21,24-25H,12-15,17-18H2,1-4H3,(H,32,35)/t24?,25?,29-/m1/s1. The van der Waals surface area contributed by atoms with Crippen molar-refractivity contribution in [3.05, 3.63) is 65.5 Å². The van der Waals surface area contributed by atoms with Gasteiger partial charge >= 0.3 is 6.03 Å². The molecule has 0 spiro atoms. The molecule has 2 aliphatic rings. The van der Waals surface area contributed by atoms with E-state index < -0.39 is 5.82 Å². The molecule has 5 nitrogen and oxygen atoms in total. The van der Waals surface area contributed by atoms with E-state index >= 15 is 0 Å². The van der Waals surface area contributed by atoms with Crippen molar-refractivity contribution in [2.24, 2.45) is 5.92 Å². The Balaban J connectivity index is 1.51. The third kappa shape index (κ3) is 5.36. The smallest absolute Gasteiger partial charge is 0.320 e. The number of carbonyl (C=O) groups excluding carboxylic acids is 1. The van der Waals surface area contributed by atoms with Crippen LogP contribution in [0.2, 0.25) is 0 Å². The van der Waals surface area contributed by atoms with Crippen LogP contribution in [0.3, 0.4) is 0 Å². The molecule has 1 N–H and O–H groups in total. The molecule has 2 aliphatic carbocycles. The van der Waals surface area contributed by atoms with Crippen molar-refractivity contribution < 1.29 is 9.18 Å². The predicted octanol–water partition coefficient (Wildman–Crippen LogP) is 6.16. The zero-order valence-corrected chi connectivity index (χ0v) is 21.3. The third-order valence-corrected chi connectivity index (χ3v) is 8.02. The van der Waals surface area contributed by atoms with Crippen molar-refractivity contribution in [2.75, 3.05) is 18.4 Å². The second-order valence-electron chi connectivity index (χ2n) is 10.7. The van der Waals surface area contributed by atoms with Gasteiger partial charge in [-0.3, -0.25) is 4.90 Å². The van der Waals surface area contributed by atoms with Gasteiger partial charge in [-0.2, -0.15) is 5.26 Å². The number of benzene rings is 2. The minimum absolute atomic E-state index is 0.114. The first-order chi connectivity index (χ1) is 16.7. The van der Waals surface area contributed by atoms with E-state index in [0.717, 1.165) is 32.2 Å². The molecule has 0 heterocycles. The van der Waals surface area contributed by atoms with Crippen LogP contribution in [-0.4, -0.2) is 47.0 Å². The molecule has 0 radical (unpaired) electrons. The van der Waals surface area contributed by atoms with Gasteiger partial charge in [0.15, 0.2) is 0 Å². The molecule has 3 atom stereocenters. The van der Waals surface area contributed by atoms with Crippen LogP contribution in [0.4, 0.5) is 14.9 Å². The first-order valence-electron chi connectivity index (χ1n) is 12.8. The van der Waals surface area contributed by atoms with Gasteiger partial charge in [-0.15, -0.1) is 0 Å². The number of nitrogens with zero attached hydrogens (tertiary/aromatic N) is 3. The van der Waals surface area contributed by atoms with Gasteiger partial charge in [0, 0.05) is 31.2 Å². The number of fused-ring (bicyclic) bond motifs is 1. The number of anilines is 1. The van der Waals surface area contributed by atoms with Crippen LogP contribution in [-0.2, 0) is 5.41 Å². The van der Waals surface area contributed by atoms with E-state index in [1.165, 1.54) is 11.6 Å². The van der Waals surface area contributed by atoms with E-state index in [2.05, 4.69) is 50.0 Å². The maximum absolute atomic E-state index is 14.3. The minimum atomic E-state index is -0.422. The Hall–Kier alpha value is -2.91. The normalized spacial score (nSPS) is 23.2. The number of nitriles is 1. The summed E-state index contributed by atoms with van der Waals surface area (Å²) in [6.07, 6.45) is 3.94. The van der Waals surface area contributed by atoms with Crippen LogP contribution in [0.25, 0.3) is 0 Å². The number of urea groups is 1. The molecule has 0 bridgehead atoms. The minimum Gasteiger partial charge on any atom is -0.320 e. The lowest BCUT2D eigenvalue weighted by Crippen LogP contribution is -2.50. The molecule has 2 amide bonds. The Morgan fingerprint density at radius 2 is 1.89 bits per heavy atom. The highest BCUT2D eigenvalue weighted by atomic mass is 19.1. The maximum atomic E-state index is 14.3. The zero-order chi connectivity index (χ0) is 25.2. The van der Waals surface area contributed by atoms with E-state index in [4.69, 9.17) is 0 Å². The molecule has 186 valence electrons.